The summed E-state index contributed by atoms with van der Waals surface area (Å²) in [4.78, 5) is 12.3. The number of carbonyl (C=O) groups excluding carboxylic acids is 1. The molecule has 1 fully saturated rings. The van der Waals surface area contributed by atoms with Gasteiger partial charge in [0.05, 0.1) is 0 Å². The van der Waals surface area contributed by atoms with Gasteiger partial charge in [-0.05, 0) is 59.6 Å². The molecule has 2 rings (SSSR count). The monoisotopic (exact) mass is 304 g/mol. The molecule has 0 radical (unpaired) electrons. The molecular weight excluding hydrogens is 272 g/mol. The molecule has 0 aliphatic carbocycles. The molecule has 1 heterocycles. The average molecular weight is 304 g/mol. The van der Waals surface area contributed by atoms with E-state index in [1.807, 2.05) is 45.0 Å². The Kier molecular flexibility index (Phi) is 6.18. The zero-order valence-corrected chi connectivity index (χ0v) is 15.2. The third-order valence-corrected chi connectivity index (χ3v) is 3.84. The van der Waals surface area contributed by atoms with Crippen LogP contribution in [0.25, 0.3) is 0 Å². The predicted molar refractivity (Wildman–Crippen MR) is 94.3 cm³/mol. The molecule has 124 valence electrons. The van der Waals surface area contributed by atoms with E-state index in [-0.39, 0.29) is 23.0 Å². The Morgan fingerprint density at radius 3 is 1.95 bits per heavy atom. The highest BCUT2D eigenvalue weighted by atomic mass is 16.1. The highest BCUT2D eigenvalue weighted by Gasteiger charge is 2.38. The number of nitrogens with one attached hydrogen (secondary N) is 2. The maximum atomic E-state index is 12.3. The van der Waals surface area contributed by atoms with Crippen molar-refractivity contribution < 1.29 is 4.79 Å². The summed E-state index contributed by atoms with van der Waals surface area (Å²) in [6.07, 6.45) is 1.90. The van der Waals surface area contributed by atoms with Gasteiger partial charge in [0.25, 0.3) is 5.91 Å². The summed E-state index contributed by atoms with van der Waals surface area (Å²) in [6.45, 7) is 14.8. The molecule has 0 unspecified atom stereocenters. The lowest BCUT2D eigenvalue weighted by Crippen LogP contribution is -2.62. The Morgan fingerprint density at radius 2 is 1.50 bits per heavy atom. The van der Waals surface area contributed by atoms with E-state index in [0.717, 1.165) is 18.4 Å². The van der Waals surface area contributed by atoms with Gasteiger partial charge in [-0.2, -0.15) is 0 Å². The van der Waals surface area contributed by atoms with Crippen molar-refractivity contribution in [1.82, 2.24) is 10.6 Å². The van der Waals surface area contributed by atoms with Gasteiger partial charge in [0.15, 0.2) is 0 Å². The van der Waals surface area contributed by atoms with Crippen molar-refractivity contribution in [1.29, 1.82) is 0 Å². The summed E-state index contributed by atoms with van der Waals surface area (Å²) in [6, 6.07) is 7.95. The second-order valence-electron chi connectivity index (χ2n) is 7.34. The molecule has 2 N–H and O–H groups in total. The summed E-state index contributed by atoms with van der Waals surface area (Å²) >= 11 is 0. The predicted octanol–water partition coefficient (Wildman–Crippen LogP) is 4.06. The van der Waals surface area contributed by atoms with Crippen molar-refractivity contribution in [2.24, 2.45) is 0 Å². The second kappa shape index (κ2) is 7.28. The number of rotatable bonds is 2. The lowest BCUT2D eigenvalue weighted by Gasteiger charge is -2.46. The van der Waals surface area contributed by atoms with Gasteiger partial charge >= 0.3 is 0 Å². The van der Waals surface area contributed by atoms with Crippen LogP contribution in [0.15, 0.2) is 24.3 Å². The van der Waals surface area contributed by atoms with E-state index in [4.69, 9.17) is 0 Å². The van der Waals surface area contributed by atoms with Crippen LogP contribution in [0.2, 0.25) is 0 Å². The van der Waals surface area contributed by atoms with Crippen molar-refractivity contribution in [2.75, 3.05) is 0 Å². The fraction of sp³-hybridized carbons (Fsp3) is 0.632. The van der Waals surface area contributed by atoms with E-state index in [9.17, 15) is 4.79 Å². The van der Waals surface area contributed by atoms with E-state index < -0.39 is 0 Å². The van der Waals surface area contributed by atoms with Crippen LogP contribution in [0.4, 0.5) is 0 Å². The van der Waals surface area contributed by atoms with Crippen LogP contribution in [0, 0.1) is 6.92 Å². The topological polar surface area (TPSA) is 41.1 Å². The summed E-state index contributed by atoms with van der Waals surface area (Å²) in [5.74, 6) is 0.0310. The van der Waals surface area contributed by atoms with E-state index in [1.54, 1.807) is 0 Å². The van der Waals surface area contributed by atoms with Crippen LogP contribution in [0.5, 0.6) is 0 Å². The van der Waals surface area contributed by atoms with E-state index in [0.29, 0.717) is 0 Å². The standard InChI is InChI=1S/C17H26N2O.C2H6/c1-12-6-8-13(9-7-12)15(20)18-14-10-16(2,3)19-17(4,5)11-14;1-2/h6-9,14,19H,10-11H2,1-5H3,(H,18,20);1-2H3. The van der Waals surface area contributed by atoms with Gasteiger partial charge in [0, 0.05) is 22.7 Å². The molecule has 0 aromatic heterocycles. The molecule has 1 amide bonds. The van der Waals surface area contributed by atoms with Gasteiger partial charge in [-0.1, -0.05) is 31.5 Å². The fourth-order valence-corrected chi connectivity index (χ4v) is 3.40. The zero-order valence-electron chi connectivity index (χ0n) is 15.2. The maximum Gasteiger partial charge on any atom is 0.251 e. The Balaban J connectivity index is 0.00000116. The molecule has 3 nitrogen and oxygen atoms in total. The summed E-state index contributed by atoms with van der Waals surface area (Å²) in [5, 5.41) is 6.82. The van der Waals surface area contributed by atoms with Gasteiger partial charge in [0.2, 0.25) is 0 Å². The van der Waals surface area contributed by atoms with Crippen LogP contribution in [0.3, 0.4) is 0 Å². The number of piperidine rings is 1. The van der Waals surface area contributed by atoms with E-state index in [2.05, 4.69) is 38.3 Å². The van der Waals surface area contributed by atoms with Crippen LogP contribution < -0.4 is 10.6 Å². The first-order chi connectivity index (χ1) is 10.2. The van der Waals surface area contributed by atoms with Crippen molar-refractivity contribution in [3.8, 4) is 0 Å². The van der Waals surface area contributed by atoms with Gasteiger partial charge in [0.1, 0.15) is 0 Å². The van der Waals surface area contributed by atoms with Crippen LogP contribution >= 0.6 is 0 Å². The normalized spacial score (nSPS) is 19.8. The van der Waals surface area contributed by atoms with Gasteiger partial charge < -0.3 is 10.6 Å². The van der Waals surface area contributed by atoms with Crippen LogP contribution in [-0.2, 0) is 0 Å². The third-order valence-electron chi connectivity index (χ3n) is 3.84. The highest BCUT2D eigenvalue weighted by molar-refractivity contribution is 5.94. The number of hydrogen-bond donors (Lipinski definition) is 2. The minimum atomic E-state index is 0.0310. The molecule has 0 spiro atoms. The summed E-state index contributed by atoms with van der Waals surface area (Å²) in [7, 11) is 0. The molecule has 1 aliphatic heterocycles. The van der Waals surface area contributed by atoms with Crippen LogP contribution in [-0.4, -0.2) is 23.0 Å². The number of aryl methyl sites for hydroxylation is 1. The SMILES string of the molecule is CC.Cc1ccc(C(=O)NC2CC(C)(C)NC(C)(C)C2)cc1. The molecular formula is C19H32N2O. The Hall–Kier alpha value is -1.35. The quantitative estimate of drug-likeness (QED) is 0.865. The van der Waals surface area contributed by atoms with Crippen molar-refractivity contribution in [3.63, 3.8) is 0 Å². The minimum absolute atomic E-state index is 0.0310. The zero-order chi connectivity index (χ0) is 17.0. The number of benzene rings is 1. The molecule has 1 aromatic carbocycles. The Bertz CT molecular complexity index is 473. The molecule has 1 saturated heterocycles. The minimum Gasteiger partial charge on any atom is -0.349 e. The largest absolute Gasteiger partial charge is 0.349 e. The van der Waals surface area contributed by atoms with Gasteiger partial charge in [-0.3, -0.25) is 4.79 Å². The molecule has 1 aliphatic rings. The van der Waals surface area contributed by atoms with Gasteiger partial charge in [-0.25, -0.2) is 0 Å². The lowest BCUT2D eigenvalue weighted by molar-refractivity contribution is 0.0873. The second-order valence-corrected chi connectivity index (χ2v) is 7.34. The first kappa shape index (κ1) is 18.7. The highest BCUT2D eigenvalue weighted by Crippen LogP contribution is 2.28. The van der Waals surface area contributed by atoms with Crippen LogP contribution in [0.1, 0.15) is 70.3 Å². The van der Waals surface area contributed by atoms with E-state index in [1.165, 1.54) is 5.56 Å². The number of hydrogen-bond acceptors (Lipinski definition) is 2. The van der Waals surface area contributed by atoms with Crippen molar-refractivity contribution in [3.05, 3.63) is 35.4 Å². The molecule has 0 atom stereocenters. The Morgan fingerprint density at radius 1 is 1.05 bits per heavy atom. The summed E-state index contributed by atoms with van der Waals surface area (Å²) in [5.41, 5.74) is 2.01. The molecule has 1 aromatic rings. The number of carbonyl (C=O) groups is 1. The number of amides is 1. The smallest absolute Gasteiger partial charge is 0.251 e. The lowest BCUT2D eigenvalue weighted by atomic mass is 9.79. The van der Waals surface area contributed by atoms with Gasteiger partial charge in [-0.15, -0.1) is 0 Å². The van der Waals surface area contributed by atoms with E-state index >= 15 is 0 Å². The average Bonchev–Trinajstić information content (AvgIpc) is 2.38. The molecule has 0 saturated carbocycles. The molecule has 22 heavy (non-hydrogen) atoms. The Labute approximate surface area is 135 Å². The first-order valence-corrected chi connectivity index (χ1v) is 8.34. The molecule has 0 bridgehead atoms. The first-order valence-electron chi connectivity index (χ1n) is 8.34. The summed E-state index contributed by atoms with van der Waals surface area (Å²) < 4.78 is 0. The maximum absolute atomic E-state index is 12.3. The third kappa shape index (κ3) is 5.45. The molecule has 3 heteroatoms. The van der Waals surface area contributed by atoms with Crippen molar-refractivity contribution >= 4 is 5.91 Å². The fourth-order valence-electron chi connectivity index (χ4n) is 3.40. The van der Waals surface area contributed by atoms with Crippen molar-refractivity contribution in [2.45, 2.75) is 78.4 Å².